The third-order valence-electron chi connectivity index (χ3n) is 3.58. The van der Waals surface area contributed by atoms with Crippen molar-refractivity contribution in [3.05, 3.63) is 28.3 Å². The Morgan fingerprint density at radius 2 is 2.05 bits per heavy atom. The largest absolute Gasteiger partial charge is 0.364 e. The Hall–Kier alpha value is -1.67. The summed E-state index contributed by atoms with van der Waals surface area (Å²) in [7, 11) is -3.47. The molecular formula is C12H17N3O4S. The number of nitrogens with two attached hydrogens (primary N) is 1. The fourth-order valence-corrected chi connectivity index (χ4v) is 2.98. The molecule has 0 spiro atoms. The highest BCUT2D eigenvalue weighted by molar-refractivity contribution is 7.90. The number of nitrogens with zero attached hydrogens (tertiary/aromatic N) is 2. The number of hydrogen-bond donors (Lipinski definition) is 1. The molecule has 0 aliphatic carbocycles. The number of nitro benzene ring substituents is 1. The van der Waals surface area contributed by atoms with Crippen LogP contribution in [-0.2, 0) is 9.84 Å². The average Bonchev–Trinajstić information content (AvgIpc) is 2.67. The van der Waals surface area contributed by atoms with Crippen LogP contribution in [0.3, 0.4) is 0 Å². The first-order chi connectivity index (χ1) is 9.20. The lowest BCUT2D eigenvalue weighted by atomic mass is 10.1. The predicted molar refractivity (Wildman–Crippen MR) is 75.6 cm³/mol. The zero-order valence-electron chi connectivity index (χ0n) is 11.3. The fourth-order valence-electron chi connectivity index (χ4n) is 2.34. The quantitative estimate of drug-likeness (QED) is 0.653. The average molecular weight is 299 g/mol. The Morgan fingerprint density at radius 1 is 1.40 bits per heavy atom. The molecule has 0 saturated carbocycles. The highest BCUT2D eigenvalue weighted by Gasteiger charge is 2.31. The minimum Gasteiger partial charge on any atom is -0.364 e. The first-order valence-electron chi connectivity index (χ1n) is 6.19. The van der Waals surface area contributed by atoms with Crippen molar-refractivity contribution in [2.24, 2.45) is 11.7 Å². The first kappa shape index (κ1) is 14.7. The minimum absolute atomic E-state index is 0.0378. The second-order valence-electron chi connectivity index (χ2n) is 5.23. The number of hydrogen-bond acceptors (Lipinski definition) is 6. The van der Waals surface area contributed by atoms with Crippen molar-refractivity contribution in [3.63, 3.8) is 0 Å². The molecule has 1 aliphatic rings. The number of benzene rings is 1. The van der Waals surface area contributed by atoms with Crippen molar-refractivity contribution in [2.75, 3.05) is 24.2 Å². The van der Waals surface area contributed by atoms with Gasteiger partial charge in [-0.05, 0) is 18.1 Å². The Balaban J connectivity index is 2.47. The Kier molecular flexibility index (Phi) is 3.70. The summed E-state index contributed by atoms with van der Waals surface area (Å²) in [5, 5.41) is 11.2. The van der Waals surface area contributed by atoms with Crippen molar-refractivity contribution >= 4 is 21.2 Å². The van der Waals surface area contributed by atoms with Crippen LogP contribution < -0.4 is 10.6 Å². The van der Waals surface area contributed by atoms with E-state index in [2.05, 4.69) is 0 Å². The van der Waals surface area contributed by atoms with Gasteiger partial charge in [0.25, 0.3) is 5.69 Å². The van der Waals surface area contributed by atoms with Gasteiger partial charge >= 0.3 is 0 Å². The first-order valence-corrected chi connectivity index (χ1v) is 8.08. The molecule has 0 aromatic heterocycles. The molecule has 0 bridgehead atoms. The Morgan fingerprint density at radius 3 is 2.50 bits per heavy atom. The van der Waals surface area contributed by atoms with Crippen molar-refractivity contribution in [2.45, 2.75) is 17.9 Å². The Bertz CT molecular complexity index is 634. The van der Waals surface area contributed by atoms with E-state index < -0.39 is 14.8 Å². The maximum atomic E-state index is 11.5. The van der Waals surface area contributed by atoms with E-state index in [4.69, 9.17) is 5.73 Å². The van der Waals surface area contributed by atoms with E-state index in [1.807, 2.05) is 11.8 Å². The lowest BCUT2D eigenvalue weighted by molar-refractivity contribution is -0.384. The van der Waals surface area contributed by atoms with Gasteiger partial charge < -0.3 is 10.6 Å². The van der Waals surface area contributed by atoms with E-state index in [0.717, 1.165) is 12.3 Å². The van der Waals surface area contributed by atoms with Crippen molar-refractivity contribution in [1.29, 1.82) is 0 Å². The maximum absolute atomic E-state index is 11.5. The van der Waals surface area contributed by atoms with Crippen molar-refractivity contribution in [3.8, 4) is 0 Å². The smallest absolute Gasteiger partial charge is 0.293 e. The van der Waals surface area contributed by atoms with Crippen LogP contribution in [-0.4, -0.2) is 38.7 Å². The third-order valence-corrected chi connectivity index (χ3v) is 4.69. The highest BCUT2D eigenvalue weighted by atomic mass is 32.2. The van der Waals surface area contributed by atoms with Gasteiger partial charge in [0.1, 0.15) is 5.69 Å². The van der Waals surface area contributed by atoms with Gasteiger partial charge in [-0.1, -0.05) is 6.92 Å². The standard InChI is InChI=1S/C12H17N3O4S/c1-8-6-14(7-10(8)13)11-4-3-9(20(2,18)19)5-12(11)15(16)17/h3-5,8,10H,6-7,13H2,1-2H3. The monoisotopic (exact) mass is 299 g/mol. The van der Waals surface area contributed by atoms with Crippen LogP contribution in [0.25, 0.3) is 0 Å². The summed E-state index contributed by atoms with van der Waals surface area (Å²) in [4.78, 5) is 12.4. The topological polar surface area (TPSA) is 107 Å². The van der Waals surface area contributed by atoms with Crippen LogP contribution in [0, 0.1) is 16.0 Å². The molecule has 2 atom stereocenters. The summed E-state index contributed by atoms with van der Waals surface area (Å²) in [6.07, 6.45) is 1.03. The summed E-state index contributed by atoms with van der Waals surface area (Å²) in [6, 6.07) is 3.95. The van der Waals surface area contributed by atoms with Gasteiger partial charge in [-0.3, -0.25) is 10.1 Å². The molecule has 1 saturated heterocycles. The zero-order valence-corrected chi connectivity index (χ0v) is 12.1. The van der Waals surface area contributed by atoms with Crippen LogP contribution in [0.2, 0.25) is 0 Å². The third kappa shape index (κ3) is 2.75. The lowest BCUT2D eigenvalue weighted by Crippen LogP contribution is -2.28. The summed E-state index contributed by atoms with van der Waals surface area (Å²) in [5.41, 5.74) is 6.14. The van der Waals surface area contributed by atoms with E-state index in [9.17, 15) is 18.5 Å². The number of rotatable bonds is 3. The molecule has 20 heavy (non-hydrogen) atoms. The van der Waals surface area contributed by atoms with Gasteiger partial charge in [0.2, 0.25) is 0 Å². The molecule has 1 aromatic carbocycles. The Labute approximate surface area is 117 Å². The van der Waals surface area contributed by atoms with Gasteiger partial charge in [-0.2, -0.15) is 0 Å². The molecule has 2 unspecified atom stereocenters. The SMILES string of the molecule is CC1CN(c2ccc(S(C)(=O)=O)cc2[N+](=O)[O-])CC1N. The van der Waals surface area contributed by atoms with Crippen molar-refractivity contribution < 1.29 is 13.3 Å². The predicted octanol–water partition coefficient (Wildman–Crippen LogP) is 0.782. The molecule has 2 N–H and O–H groups in total. The van der Waals surface area contributed by atoms with Crippen LogP contribution >= 0.6 is 0 Å². The molecule has 1 aromatic rings. The van der Waals surface area contributed by atoms with Gasteiger partial charge in [-0.25, -0.2) is 8.42 Å². The van der Waals surface area contributed by atoms with E-state index in [1.165, 1.54) is 12.1 Å². The second kappa shape index (κ2) is 5.02. The number of nitro groups is 1. The molecule has 1 fully saturated rings. The van der Waals surface area contributed by atoms with Gasteiger partial charge in [0.15, 0.2) is 9.84 Å². The lowest BCUT2D eigenvalue weighted by Gasteiger charge is -2.18. The number of anilines is 1. The highest BCUT2D eigenvalue weighted by Crippen LogP contribution is 2.33. The van der Waals surface area contributed by atoms with E-state index >= 15 is 0 Å². The molecule has 0 radical (unpaired) electrons. The molecule has 1 heterocycles. The molecule has 7 nitrogen and oxygen atoms in total. The second-order valence-corrected chi connectivity index (χ2v) is 7.24. The van der Waals surface area contributed by atoms with E-state index in [-0.39, 0.29) is 22.5 Å². The van der Waals surface area contributed by atoms with E-state index in [0.29, 0.717) is 18.8 Å². The van der Waals surface area contributed by atoms with Gasteiger partial charge in [0.05, 0.1) is 9.82 Å². The molecule has 8 heteroatoms. The molecule has 1 aliphatic heterocycles. The van der Waals surface area contributed by atoms with Crippen LogP contribution in [0.15, 0.2) is 23.1 Å². The van der Waals surface area contributed by atoms with Crippen LogP contribution in [0.4, 0.5) is 11.4 Å². The summed E-state index contributed by atoms with van der Waals surface area (Å²) >= 11 is 0. The zero-order chi connectivity index (χ0) is 15.1. The molecule has 0 amide bonds. The van der Waals surface area contributed by atoms with Crippen LogP contribution in [0.1, 0.15) is 6.92 Å². The summed E-state index contributed by atoms with van der Waals surface area (Å²) in [6.45, 7) is 3.14. The molecule has 110 valence electrons. The minimum atomic E-state index is -3.47. The maximum Gasteiger partial charge on any atom is 0.293 e. The molecule has 2 rings (SSSR count). The normalized spacial score (nSPS) is 23.1. The number of sulfone groups is 1. The van der Waals surface area contributed by atoms with Crippen LogP contribution in [0.5, 0.6) is 0 Å². The molecular weight excluding hydrogens is 282 g/mol. The van der Waals surface area contributed by atoms with Gasteiger partial charge in [-0.15, -0.1) is 0 Å². The van der Waals surface area contributed by atoms with Gasteiger partial charge in [0, 0.05) is 31.5 Å². The fraction of sp³-hybridized carbons (Fsp3) is 0.500. The van der Waals surface area contributed by atoms with Crippen molar-refractivity contribution in [1.82, 2.24) is 0 Å². The van der Waals surface area contributed by atoms with E-state index in [1.54, 1.807) is 0 Å². The summed E-state index contributed by atoms with van der Waals surface area (Å²) in [5.74, 6) is 0.240. The summed E-state index contributed by atoms with van der Waals surface area (Å²) < 4.78 is 23.0.